The molecule has 0 aliphatic heterocycles. The molecule has 0 saturated carbocycles. The molecule has 0 spiro atoms. The van der Waals surface area contributed by atoms with E-state index in [0.29, 0.717) is 19.7 Å². The van der Waals surface area contributed by atoms with Gasteiger partial charge in [0.2, 0.25) is 10.0 Å². The number of halogens is 1. The number of H-pyrrole nitrogens is 1. The van der Waals surface area contributed by atoms with Gasteiger partial charge in [0.25, 0.3) is 5.56 Å². The Hall–Kier alpha value is -1.79. The number of ether oxygens (including phenoxy) is 1. The van der Waals surface area contributed by atoms with Gasteiger partial charge < -0.3 is 10.1 Å². The van der Waals surface area contributed by atoms with Crippen molar-refractivity contribution in [2.24, 2.45) is 7.05 Å². The van der Waals surface area contributed by atoms with Crippen molar-refractivity contribution in [1.82, 2.24) is 24.6 Å². The first-order valence-corrected chi connectivity index (χ1v) is 8.63. The number of pyridine rings is 1. The largest absolute Gasteiger partial charge is 0.383 e. The van der Waals surface area contributed by atoms with Gasteiger partial charge >= 0.3 is 5.69 Å². The van der Waals surface area contributed by atoms with Crippen LogP contribution in [0.4, 0.5) is 0 Å². The molecule has 10 nitrogen and oxygen atoms in total. The SMILES string of the molecule is COCCNCCNS(=O)(=O)c1cnc2c(c1)c(=O)[nH]c(=O)n2C.Cl. The van der Waals surface area contributed by atoms with Crippen LogP contribution < -0.4 is 21.3 Å². The van der Waals surface area contributed by atoms with Crippen LogP contribution in [0.3, 0.4) is 0 Å². The van der Waals surface area contributed by atoms with Gasteiger partial charge in [-0.05, 0) is 6.07 Å². The van der Waals surface area contributed by atoms with Crippen molar-refractivity contribution in [1.29, 1.82) is 0 Å². The molecule has 0 aliphatic rings. The van der Waals surface area contributed by atoms with Crippen LogP contribution in [0.1, 0.15) is 0 Å². The maximum atomic E-state index is 12.2. The molecule has 25 heavy (non-hydrogen) atoms. The quantitative estimate of drug-likeness (QED) is 0.467. The summed E-state index contributed by atoms with van der Waals surface area (Å²) in [5, 5.41) is 3.03. The lowest BCUT2D eigenvalue weighted by Crippen LogP contribution is -2.33. The lowest BCUT2D eigenvalue weighted by molar-refractivity contribution is 0.199. The van der Waals surface area contributed by atoms with Crippen LogP contribution in [-0.4, -0.2) is 56.3 Å². The highest BCUT2D eigenvalue weighted by Gasteiger charge is 2.16. The summed E-state index contributed by atoms with van der Waals surface area (Å²) in [4.78, 5) is 29.2. The summed E-state index contributed by atoms with van der Waals surface area (Å²) in [6.07, 6.45) is 1.11. The molecule has 0 unspecified atom stereocenters. The second kappa shape index (κ2) is 9.06. The molecule has 0 aromatic carbocycles. The van der Waals surface area contributed by atoms with E-state index in [1.165, 1.54) is 13.1 Å². The average Bonchev–Trinajstić information content (AvgIpc) is 2.55. The molecule has 2 aromatic heterocycles. The summed E-state index contributed by atoms with van der Waals surface area (Å²) in [6, 6.07) is 1.20. The standard InChI is InChI=1S/C13H19N5O5S.ClH/c1-18-11-10(12(19)17-13(18)20)7-9(8-15-11)24(21,22)16-4-3-14-5-6-23-2;/h7-8,14,16H,3-6H2,1-2H3,(H,17,19,20);1H. The third kappa shape index (κ3) is 5.09. The van der Waals surface area contributed by atoms with Crippen LogP contribution in [0, 0.1) is 0 Å². The first kappa shape index (κ1) is 21.3. The molecule has 12 heteroatoms. The number of aromatic amines is 1. The van der Waals surface area contributed by atoms with E-state index in [9.17, 15) is 18.0 Å². The fourth-order valence-corrected chi connectivity index (χ4v) is 3.02. The Morgan fingerprint density at radius 3 is 2.68 bits per heavy atom. The van der Waals surface area contributed by atoms with E-state index in [-0.39, 0.29) is 34.9 Å². The molecule has 0 saturated heterocycles. The number of nitrogens with one attached hydrogen (secondary N) is 3. The topological polar surface area (TPSA) is 135 Å². The van der Waals surface area contributed by atoms with E-state index in [1.807, 2.05) is 0 Å². The highest BCUT2D eigenvalue weighted by Crippen LogP contribution is 2.11. The zero-order chi connectivity index (χ0) is 17.7. The molecule has 0 bridgehead atoms. The Balaban J connectivity index is 0.00000312. The van der Waals surface area contributed by atoms with Gasteiger partial charge in [0.05, 0.1) is 12.0 Å². The molecule has 0 atom stereocenters. The number of hydrogen-bond acceptors (Lipinski definition) is 7. The number of aromatic nitrogens is 3. The molecule has 2 heterocycles. The molecular weight excluding hydrogens is 374 g/mol. The molecule has 0 fully saturated rings. The smallest absolute Gasteiger partial charge is 0.329 e. The van der Waals surface area contributed by atoms with Crippen molar-refractivity contribution in [3.8, 4) is 0 Å². The van der Waals surface area contributed by atoms with Gasteiger partial charge in [-0.15, -0.1) is 12.4 Å². The number of nitrogens with zero attached hydrogens (tertiary/aromatic N) is 2. The van der Waals surface area contributed by atoms with Gasteiger partial charge in [-0.25, -0.2) is 22.9 Å². The highest BCUT2D eigenvalue weighted by molar-refractivity contribution is 7.89. The van der Waals surface area contributed by atoms with Crippen molar-refractivity contribution in [3.63, 3.8) is 0 Å². The lowest BCUT2D eigenvalue weighted by atomic mass is 10.3. The minimum absolute atomic E-state index is 0. The molecule has 2 rings (SSSR count). The lowest BCUT2D eigenvalue weighted by Gasteiger charge is -2.09. The summed E-state index contributed by atoms with van der Waals surface area (Å²) in [6.45, 7) is 1.74. The third-order valence-electron chi connectivity index (χ3n) is 3.32. The van der Waals surface area contributed by atoms with E-state index < -0.39 is 21.3 Å². The summed E-state index contributed by atoms with van der Waals surface area (Å²) < 4.78 is 32.9. The second-order valence-electron chi connectivity index (χ2n) is 5.00. The van der Waals surface area contributed by atoms with E-state index in [2.05, 4.69) is 20.0 Å². The highest BCUT2D eigenvalue weighted by atomic mass is 35.5. The number of rotatable bonds is 8. The van der Waals surface area contributed by atoms with Gasteiger partial charge in [-0.1, -0.05) is 0 Å². The Bertz CT molecular complexity index is 940. The van der Waals surface area contributed by atoms with E-state index in [1.54, 1.807) is 7.11 Å². The first-order valence-electron chi connectivity index (χ1n) is 7.15. The maximum Gasteiger partial charge on any atom is 0.329 e. The number of sulfonamides is 1. The first-order chi connectivity index (χ1) is 11.4. The molecule has 2 aromatic rings. The predicted molar refractivity (Wildman–Crippen MR) is 94.8 cm³/mol. The van der Waals surface area contributed by atoms with Crippen molar-refractivity contribution >= 4 is 33.5 Å². The Morgan fingerprint density at radius 2 is 2.00 bits per heavy atom. The van der Waals surface area contributed by atoms with Crippen LogP contribution in [0.15, 0.2) is 26.7 Å². The average molecular weight is 394 g/mol. The van der Waals surface area contributed by atoms with E-state index in [0.717, 1.165) is 10.8 Å². The van der Waals surface area contributed by atoms with Crippen molar-refractivity contribution in [2.75, 3.05) is 33.4 Å². The van der Waals surface area contributed by atoms with Crippen molar-refractivity contribution in [3.05, 3.63) is 33.1 Å². The van der Waals surface area contributed by atoms with E-state index in [4.69, 9.17) is 4.74 Å². The van der Waals surface area contributed by atoms with Crippen molar-refractivity contribution < 1.29 is 13.2 Å². The Labute approximate surface area is 150 Å². The minimum Gasteiger partial charge on any atom is -0.383 e. The summed E-state index contributed by atoms with van der Waals surface area (Å²) in [5.74, 6) is 0. The fourth-order valence-electron chi connectivity index (χ4n) is 2.02. The number of aryl methyl sites for hydroxylation is 1. The van der Waals surface area contributed by atoms with Crippen LogP contribution in [-0.2, 0) is 21.8 Å². The minimum atomic E-state index is -3.81. The van der Waals surface area contributed by atoms with Crippen LogP contribution in [0.25, 0.3) is 11.0 Å². The maximum absolute atomic E-state index is 12.2. The summed E-state index contributed by atoms with van der Waals surface area (Å²) in [7, 11) is -0.794. The summed E-state index contributed by atoms with van der Waals surface area (Å²) >= 11 is 0. The second-order valence-corrected chi connectivity index (χ2v) is 6.77. The number of methoxy groups -OCH3 is 1. The number of fused-ring (bicyclic) bond motifs is 1. The van der Waals surface area contributed by atoms with Gasteiger partial charge in [0.15, 0.2) is 0 Å². The monoisotopic (exact) mass is 393 g/mol. The van der Waals surface area contributed by atoms with Crippen molar-refractivity contribution in [2.45, 2.75) is 4.90 Å². The van der Waals surface area contributed by atoms with Crippen LogP contribution >= 0.6 is 12.4 Å². The Morgan fingerprint density at radius 1 is 1.28 bits per heavy atom. The molecule has 0 radical (unpaired) electrons. The normalized spacial score (nSPS) is 11.4. The van der Waals surface area contributed by atoms with Gasteiger partial charge in [-0.2, -0.15) is 0 Å². The van der Waals surface area contributed by atoms with Gasteiger partial charge in [0, 0.05) is 40.0 Å². The van der Waals surface area contributed by atoms with Gasteiger partial charge in [-0.3, -0.25) is 14.3 Å². The fraction of sp³-hybridized carbons (Fsp3) is 0.462. The molecule has 140 valence electrons. The van der Waals surface area contributed by atoms with Crippen LogP contribution in [0.2, 0.25) is 0 Å². The molecule has 0 amide bonds. The van der Waals surface area contributed by atoms with E-state index >= 15 is 0 Å². The van der Waals surface area contributed by atoms with Gasteiger partial charge in [0.1, 0.15) is 10.5 Å². The molecule has 0 aliphatic carbocycles. The zero-order valence-electron chi connectivity index (χ0n) is 13.7. The predicted octanol–water partition coefficient (Wildman–Crippen LogP) is -1.44. The Kier molecular flexibility index (Phi) is 7.70. The zero-order valence-corrected chi connectivity index (χ0v) is 15.4. The summed E-state index contributed by atoms with van der Waals surface area (Å²) in [5.41, 5.74) is -1.18. The molecule has 3 N–H and O–H groups in total. The van der Waals surface area contributed by atoms with Crippen LogP contribution in [0.5, 0.6) is 0 Å². The third-order valence-corrected chi connectivity index (χ3v) is 4.74. The molecular formula is C13H20ClN5O5S. The number of hydrogen-bond donors (Lipinski definition) is 3.